The molecule has 0 unspecified atom stereocenters. The van der Waals surface area contributed by atoms with E-state index in [4.69, 9.17) is 0 Å². The zero-order valence-corrected chi connectivity index (χ0v) is 22.9. The standard InChI is InChI=1S/C32H36N2O7/c1-21-28(30(39)24(19-35)33-21)26(37)17-9-5-3-7-13-22-15-11-12-16-23(22)14-8-4-6-10-18-27(38)29-31(40)25(20-36)34(2)32(29)41/h3-10,12-14,16-18,22-25,33,35-38H,1,11,15,19-20H2,2H3/b5-3+,6-4+,13-7+,14-8+,17-9+,18-10+,28-26+,29-27-/t22-,23-,24+,25+/m1/s1. The average Bonchev–Trinajstić information content (AvgIpc) is 3.37. The van der Waals surface area contributed by atoms with E-state index in [1.807, 2.05) is 18.2 Å². The number of rotatable bonds is 10. The highest BCUT2D eigenvalue weighted by Gasteiger charge is 2.42. The van der Waals surface area contributed by atoms with Gasteiger partial charge in [-0.3, -0.25) is 14.4 Å². The molecule has 4 atom stereocenters. The summed E-state index contributed by atoms with van der Waals surface area (Å²) in [5.74, 6) is -1.78. The first kappa shape index (κ1) is 31.1. The number of carbonyl (C=O) groups excluding carboxylic acids is 3. The predicted octanol–water partition coefficient (Wildman–Crippen LogP) is 2.98. The van der Waals surface area contributed by atoms with Gasteiger partial charge in [0.2, 0.25) is 0 Å². The van der Waals surface area contributed by atoms with Gasteiger partial charge in [0.1, 0.15) is 29.2 Å². The molecule has 3 rings (SSSR count). The molecule has 2 heterocycles. The van der Waals surface area contributed by atoms with E-state index in [0.717, 1.165) is 17.7 Å². The van der Waals surface area contributed by atoms with E-state index in [0.29, 0.717) is 0 Å². The summed E-state index contributed by atoms with van der Waals surface area (Å²) in [6, 6.07) is -1.75. The molecular weight excluding hydrogens is 524 g/mol. The quantitative estimate of drug-likeness (QED) is 0.0901. The number of aliphatic hydroxyl groups is 4. The third kappa shape index (κ3) is 7.59. The van der Waals surface area contributed by atoms with Gasteiger partial charge < -0.3 is 30.6 Å². The van der Waals surface area contributed by atoms with Gasteiger partial charge in [-0.15, -0.1) is 0 Å². The number of hydrogen-bond donors (Lipinski definition) is 5. The van der Waals surface area contributed by atoms with Gasteiger partial charge in [-0.05, 0) is 30.9 Å². The van der Waals surface area contributed by atoms with Crippen LogP contribution in [-0.2, 0) is 14.4 Å². The number of carbonyl (C=O) groups is 3. The van der Waals surface area contributed by atoms with Gasteiger partial charge in [0, 0.05) is 18.7 Å². The number of ketones is 2. The molecule has 0 spiro atoms. The number of Topliss-reactive ketones (excluding diaryl/α,β-unsaturated/α-hetero) is 2. The Morgan fingerprint density at radius 1 is 0.902 bits per heavy atom. The molecule has 0 aromatic rings. The smallest absolute Gasteiger partial charge is 0.261 e. The van der Waals surface area contributed by atoms with Gasteiger partial charge in [-0.25, -0.2) is 0 Å². The van der Waals surface area contributed by atoms with Crippen LogP contribution in [0.5, 0.6) is 0 Å². The fourth-order valence-electron chi connectivity index (χ4n) is 4.71. The highest BCUT2D eigenvalue weighted by Crippen LogP contribution is 2.27. The average molecular weight is 561 g/mol. The molecule has 3 aliphatic rings. The minimum atomic E-state index is -0.969. The Morgan fingerprint density at radius 3 is 2.10 bits per heavy atom. The Bertz CT molecular complexity index is 1320. The lowest BCUT2D eigenvalue weighted by Gasteiger charge is -2.22. The van der Waals surface area contributed by atoms with E-state index in [1.165, 1.54) is 25.3 Å². The fourth-order valence-corrected chi connectivity index (χ4v) is 4.71. The van der Waals surface area contributed by atoms with Crippen LogP contribution in [-0.4, -0.2) is 75.1 Å². The summed E-state index contributed by atoms with van der Waals surface area (Å²) >= 11 is 0. The molecule has 9 nitrogen and oxygen atoms in total. The Balaban J connectivity index is 1.54. The molecule has 41 heavy (non-hydrogen) atoms. The maximum atomic E-state index is 12.2. The van der Waals surface area contributed by atoms with Gasteiger partial charge in [-0.2, -0.15) is 0 Å². The van der Waals surface area contributed by atoms with Crippen LogP contribution in [0.15, 0.2) is 120 Å². The largest absolute Gasteiger partial charge is 0.507 e. The molecule has 1 amide bonds. The van der Waals surface area contributed by atoms with Crippen molar-refractivity contribution in [3.63, 3.8) is 0 Å². The number of hydrogen-bond acceptors (Lipinski definition) is 8. The minimum Gasteiger partial charge on any atom is -0.507 e. The number of likely N-dealkylation sites (N-methyl/N-ethyl adjacent to an activating group) is 1. The van der Waals surface area contributed by atoms with Gasteiger partial charge in [0.05, 0.1) is 18.8 Å². The van der Waals surface area contributed by atoms with Gasteiger partial charge in [0.25, 0.3) is 5.91 Å². The van der Waals surface area contributed by atoms with Gasteiger partial charge in [0.15, 0.2) is 11.6 Å². The molecule has 9 heteroatoms. The van der Waals surface area contributed by atoms with Crippen LogP contribution >= 0.6 is 0 Å². The molecule has 0 saturated carbocycles. The van der Waals surface area contributed by atoms with Crippen molar-refractivity contribution in [1.82, 2.24) is 10.2 Å². The summed E-state index contributed by atoms with van der Waals surface area (Å²) in [6.45, 7) is 2.83. The molecule has 2 fully saturated rings. The van der Waals surface area contributed by atoms with Crippen molar-refractivity contribution in [2.75, 3.05) is 20.3 Å². The lowest BCUT2D eigenvalue weighted by Crippen LogP contribution is -2.34. The van der Waals surface area contributed by atoms with E-state index in [-0.39, 0.29) is 41.0 Å². The Morgan fingerprint density at radius 2 is 1.51 bits per heavy atom. The number of allylic oxidation sites excluding steroid dienone is 15. The molecule has 0 aromatic carbocycles. The van der Waals surface area contributed by atoms with Crippen LogP contribution in [0, 0.1) is 11.8 Å². The van der Waals surface area contributed by atoms with Crippen LogP contribution < -0.4 is 5.32 Å². The first-order valence-electron chi connectivity index (χ1n) is 13.3. The molecule has 1 aliphatic carbocycles. The van der Waals surface area contributed by atoms with Crippen LogP contribution in [0.3, 0.4) is 0 Å². The highest BCUT2D eigenvalue weighted by molar-refractivity contribution is 6.27. The molecular formula is C32H36N2O7. The third-order valence-corrected chi connectivity index (χ3v) is 7.02. The molecule has 0 bridgehead atoms. The predicted molar refractivity (Wildman–Crippen MR) is 156 cm³/mol. The van der Waals surface area contributed by atoms with Gasteiger partial charge in [-0.1, -0.05) is 79.5 Å². The van der Waals surface area contributed by atoms with Crippen molar-refractivity contribution in [3.8, 4) is 0 Å². The molecule has 216 valence electrons. The zero-order chi connectivity index (χ0) is 29.9. The first-order valence-corrected chi connectivity index (χ1v) is 13.3. The normalized spacial score (nSPS) is 28.3. The second kappa shape index (κ2) is 14.8. The molecule has 5 N–H and O–H groups in total. The third-order valence-electron chi connectivity index (χ3n) is 7.02. The van der Waals surface area contributed by atoms with E-state index in [9.17, 15) is 34.8 Å². The molecule has 2 saturated heterocycles. The summed E-state index contributed by atoms with van der Waals surface area (Å²) in [4.78, 5) is 37.7. The van der Waals surface area contributed by atoms with Crippen molar-refractivity contribution in [3.05, 3.63) is 120 Å². The van der Waals surface area contributed by atoms with Crippen molar-refractivity contribution < 1.29 is 34.8 Å². The number of likely N-dealkylation sites (tertiary alicyclic amines) is 1. The van der Waals surface area contributed by atoms with E-state index >= 15 is 0 Å². The highest BCUT2D eigenvalue weighted by atomic mass is 16.3. The van der Waals surface area contributed by atoms with Crippen molar-refractivity contribution in [2.45, 2.75) is 24.9 Å². The Kier molecular flexibility index (Phi) is 11.2. The second-order valence-electron chi connectivity index (χ2n) is 9.73. The first-order chi connectivity index (χ1) is 19.7. The van der Waals surface area contributed by atoms with Crippen LogP contribution in [0.25, 0.3) is 0 Å². The van der Waals surface area contributed by atoms with Crippen molar-refractivity contribution in [1.29, 1.82) is 0 Å². The Hall–Kier alpha value is -4.47. The lowest BCUT2D eigenvalue weighted by atomic mass is 9.83. The van der Waals surface area contributed by atoms with Crippen molar-refractivity contribution in [2.24, 2.45) is 11.8 Å². The summed E-state index contributed by atoms with van der Waals surface area (Å²) in [5, 5.41) is 41.7. The SMILES string of the molecule is C=C1N[C@@H](CO)C(=O)\C1=C(O)/C=C/C=C/C=C/[C@@H]1CCC=C[C@H]1/C=C/C=C/C=C/C(O)=C1\C(=O)[C@H](CO)N(C)C1=O. The number of aliphatic hydroxyl groups excluding tert-OH is 4. The topological polar surface area (TPSA) is 147 Å². The number of nitrogens with one attached hydrogen (secondary N) is 1. The van der Waals surface area contributed by atoms with Crippen LogP contribution in [0.2, 0.25) is 0 Å². The fraction of sp³-hybridized carbons (Fsp3) is 0.281. The number of amides is 1. The maximum absolute atomic E-state index is 12.2. The monoisotopic (exact) mass is 560 g/mol. The summed E-state index contributed by atoms with van der Waals surface area (Å²) in [6.07, 6.45) is 27.1. The summed E-state index contributed by atoms with van der Waals surface area (Å²) in [7, 11) is 1.40. The number of nitrogens with zero attached hydrogens (tertiary/aromatic N) is 1. The van der Waals surface area contributed by atoms with Crippen molar-refractivity contribution >= 4 is 17.5 Å². The van der Waals surface area contributed by atoms with Crippen LogP contribution in [0.1, 0.15) is 12.8 Å². The summed E-state index contributed by atoms with van der Waals surface area (Å²) in [5.41, 5.74) is 0.0394. The molecule has 2 aliphatic heterocycles. The lowest BCUT2D eigenvalue weighted by molar-refractivity contribution is -0.126. The Labute approximate surface area is 239 Å². The van der Waals surface area contributed by atoms with Crippen LogP contribution in [0.4, 0.5) is 0 Å². The molecule has 0 aromatic heterocycles. The van der Waals surface area contributed by atoms with Gasteiger partial charge >= 0.3 is 0 Å². The van der Waals surface area contributed by atoms with E-state index in [1.54, 1.807) is 24.3 Å². The van der Waals surface area contributed by atoms with E-state index in [2.05, 4.69) is 36.2 Å². The maximum Gasteiger partial charge on any atom is 0.261 e. The molecule has 0 radical (unpaired) electrons. The summed E-state index contributed by atoms with van der Waals surface area (Å²) < 4.78 is 0. The second-order valence-corrected chi connectivity index (χ2v) is 9.73. The van der Waals surface area contributed by atoms with E-state index < -0.39 is 41.9 Å². The zero-order valence-electron chi connectivity index (χ0n) is 22.9. The minimum absolute atomic E-state index is 0.0780.